The molecule has 0 saturated heterocycles. The Hall–Kier alpha value is -2.29. The molecule has 1 N–H and O–H groups in total. The number of hydrogen-bond donors (Lipinski definition) is 1. The van der Waals surface area contributed by atoms with Gasteiger partial charge in [0.2, 0.25) is 21.8 Å². The second kappa shape index (κ2) is 12.3. The molecule has 0 aromatic heterocycles. The van der Waals surface area contributed by atoms with E-state index in [9.17, 15) is 18.0 Å². The van der Waals surface area contributed by atoms with Gasteiger partial charge in [-0.1, -0.05) is 72.9 Å². The molecule has 7 nitrogen and oxygen atoms in total. The molecule has 10 heteroatoms. The molecule has 2 aromatic carbocycles. The fraction of sp³-hybridized carbons (Fsp3) is 0.391. The molecule has 0 bridgehead atoms. The molecule has 33 heavy (non-hydrogen) atoms. The lowest BCUT2D eigenvalue weighted by molar-refractivity contribution is -0.139. The number of nitrogens with zero attached hydrogens (tertiary/aromatic N) is 2. The van der Waals surface area contributed by atoms with Crippen molar-refractivity contribution in [1.82, 2.24) is 10.2 Å². The van der Waals surface area contributed by atoms with Gasteiger partial charge in [0.05, 0.1) is 22.0 Å². The van der Waals surface area contributed by atoms with E-state index in [1.54, 1.807) is 13.0 Å². The number of rotatable bonds is 11. The van der Waals surface area contributed by atoms with E-state index in [1.165, 1.54) is 17.0 Å². The van der Waals surface area contributed by atoms with Crippen molar-refractivity contribution in [3.63, 3.8) is 0 Å². The van der Waals surface area contributed by atoms with Crippen molar-refractivity contribution in [3.8, 4) is 0 Å². The average molecular weight is 514 g/mol. The van der Waals surface area contributed by atoms with E-state index in [1.807, 2.05) is 37.3 Å². The van der Waals surface area contributed by atoms with E-state index in [-0.39, 0.29) is 28.2 Å². The summed E-state index contributed by atoms with van der Waals surface area (Å²) in [6.45, 7) is 3.75. The molecule has 180 valence electrons. The van der Waals surface area contributed by atoms with Gasteiger partial charge in [-0.05, 0) is 31.0 Å². The molecule has 2 amide bonds. The highest BCUT2D eigenvalue weighted by molar-refractivity contribution is 7.92. The number of benzene rings is 2. The van der Waals surface area contributed by atoms with Gasteiger partial charge in [0.25, 0.3) is 0 Å². The summed E-state index contributed by atoms with van der Waals surface area (Å²) in [5, 5.41) is 3.03. The standard InChI is InChI=1S/C23H29Cl2N3O4S/c1-4-5-14-26-23(30)17(2)27(15-18-10-7-6-8-11-18)21(29)16-28(33(3,31)32)20-13-9-12-19(24)22(20)25/h6-13,17H,4-5,14-16H2,1-3H3,(H,26,30). The molecular weight excluding hydrogens is 485 g/mol. The molecule has 2 aromatic rings. The Morgan fingerprint density at radius 2 is 1.73 bits per heavy atom. The largest absolute Gasteiger partial charge is 0.354 e. The number of halogens is 2. The summed E-state index contributed by atoms with van der Waals surface area (Å²) >= 11 is 12.3. The van der Waals surface area contributed by atoms with Crippen LogP contribution in [0.1, 0.15) is 32.3 Å². The lowest BCUT2D eigenvalue weighted by Crippen LogP contribution is -2.51. The zero-order valence-corrected chi connectivity index (χ0v) is 21.3. The van der Waals surface area contributed by atoms with Crippen LogP contribution in [0, 0.1) is 0 Å². The highest BCUT2D eigenvalue weighted by Gasteiger charge is 2.31. The normalized spacial score (nSPS) is 12.2. The van der Waals surface area contributed by atoms with E-state index in [2.05, 4.69) is 5.32 Å². The fourth-order valence-electron chi connectivity index (χ4n) is 3.18. The van der Waals surface area contributed by atoms with Crippen LogP contribution in [-0.2, 0) is 26.2 Å². The van der Waals surface area contributed by atoms with Gasteiger partial charge in [-0.3, -0.25) is 13.9 Å². The number of anilines is 1. The SMILES string of the molecule is CCCCNC(=O)C(C)N(Cc1ccccc1)C(=O)CN(c1cccc(Cl)c1Cl)S(C)(=O)=O. The van der Waals surface area contributed by atoms with Crippen molar-refractivity contribution in [1.29, 1.82) is 0 Å². The second-order valence-electron chi connectivity index (χ2n) is 7.67. The van der Waals surface area contributed by atoms with Crippen LogP contribution in [0.15, 0.2) is 48.5 Å². The Morgan fingerprint density at radius 1 is 1.06 bits per heavy atom. The lowest BCUT2D eigenvalue weighted by atomic mass is 10.1. The van der Waals surface area contributed by atoms with Crippen LogP contribution in [0.4, 0.5) is 5.69 Å². The third kappa shape index (κ3) is 7.62. The van der Waals surface area contributed by atoms with Gasteiger partial charge >= 0.3 is 0 Å². The lowest BCUT2D eigenvalue weighted by Gasteiger charge is -2.31. The van der Waals surface area contributed by atoms with Crippen LogP contribution in [0.3, 0.4) is 0 Å². The Balaban J connectivity index is 2.36. The summed E-state index contributed by atoms with van der Waals surface area (Å²) in [7, 11) is -3.88. The van der Waals surface area contributed by atoms with E-state index in [0.717, 1.165) is 29.0 Å². The molecule has 0 aliphatic heterocycles. The zero-order chi connectivity index (χ0) is 24.6. The molecule has 0 saturated carbocycles. The summed E-state index contributed by atoms with van der Waals surface area (Å²) in [5.74, 6) is -0.849. The first-order chi connectivity index (χ1) is 15.6. The maximum atomic E-state index is 13.4. The average Bonchev–Trinajstić information content (AvgIpc) is 2.77. The van der Waals surface area contributed by atoms with Gasteiger partial charge in [-0.25, -0.2) is 8.42 Å². The highest BCUT2D eigenvalue weighted by Crippen LogP contribution is 2.33. The third-order valence-corrected chi connectivity index (χ3v) is 7.01. The van der Waals surface area contributed by atoms with Crippen LogP contribution < -0.4 is 9.62 Å². The molecule has 0 heterocycles. The van der Waals surface area contributed by atoms with E-state index >= 15 is 0 Å². The first-order valence-electron chi connectivity index (χ1n) is 10.6. The summed E-state index contributed by atoms with van der Waals surface area (Å²) in [6.07, 6.45) is 2.73. The number of carbonyl (C=O) groups excluding carboxylic acids is 2. The van der Waals surface area contributed by atoms with Gasteiger partial charge < -0.3 is 10.2 Å². The molecule has 0 radical (unpaired) electrons. The minimum absolute atomic E-state index is 0.0253. The molecule has 1 atom stereocenters. The molecule has 0 fully saturated rings. The van der Waals surface area contributed by atoms with Crippen LogP contribution in [-0.4, -0.2) is 50.5 Å². The number of hydrogen-bond acceptors (Lipinski definition) is 4. The van der Waals surface area contributed by atoms with E-state index in [0.29, 0.717) is 6.54 Å². The Kier molecular flexibility index (Phi) is 10.0. The topological polar surface area (TPSA) is 86.8 Å². The number of carbonyl (C=O) groups is 2. The molecule has 0 aliphatic carbocycles. The van der Waals surface area contributed by atoms with Gasteiger partial charge in [0.15, 0.2) is 0 Å². The predicted octanol–water partition coefficient (Wildman–Crippen LogP) is 4.09. The molecular formula is C23H29Cl2N3O4S. The number of amides is 2. The van der Waals surface area contributed by atoms with E-state index < -0.39 is 28.5 Å². The predicted molar refractivity (Wildman–Crippen MR) is 133 cm³/mol. The molecule has 2 rings (SSSR count). The van der Waals surface area contributed by atoms with Crippen molar-refractivity contribution >= 4 is 50.7 Å². The summed E-state index contributed by atoms with van der Waals surface area (Å²) in [4.78, 5) is 27.5. The minimum atomic E-state index is -3.88. The van der Waals surface area contributed by atoms with Crippen LogP contribution in [0.25, 0.3) is 0 Å². The molecule has 0 aliphatic rings. The van der Waals surface area contributed by atoms with Gasteiger partial charge in [0, 0.05) is 13.1 Å². The van der Waals surface area contributed by atoms with Gasteiger partial charge in [0.1, 0.15) is 12.6 Å². The number of unbranched alkanes of at least 4 members (excludes halogenated alkanes) is 1. The van der Waals surface area contributed by atoms with Crippen molar-refractivity contribution < 1.29 is 18.0 Å². The molecule has 1 unspecified atom stereocenters. The minimum Gasteiger partial charge on any atom is -0.354 e. The summed E-state index contributed by atoms with van der Waals surface area (Å²) < 4.78 is 26.0. The zero-order valence-electron chi connectivity index (χ0n) is 18.9. The quantitative estimate of drug-likeness (QED) is 0.458. The van der Waals surface area contributed by atoms with Gasteiger partial charge in [-0.15, -0.1) is 0 Å². The smallest absolute Gasteiger partial charge is 0.244 e. The van der Waals surface area contributed by atoms with Crippen molar-refractivity contribution in [2.45, 2.75) is 39.3 Å². The monoisotopic (exact) mass is 513 g/mol. The number of nitrogens with one attached hydrogen (secondary N) is 1. The van der Waals surface area contributed by atoms with Crippen molar-refractivity contribution in [3.05, 3.63) is 64.1 Å². The van der Waals surface area contributed by atoms with E-state index in [4.69, 9.17) is 23.2 Å². The number of sulfonamides is 1. The Morgan fingerprint density at radius 3 is 2.33 bits per heavy atom. The van der Waals surface area contributed by atoms with Crippen molar-refractivity contribution in [2.24, 2.45) is 0 Å². The van der Waals surface area contributed by atoms with Crippen LogP contribution in [0.2, 0.25) is 10.0 Å². The Bertz CT molecular complexity index is 1060. The Labute approximate surface area is 205 Å². The van der Waals surface area contributed by atoms with Crippen LogP contribution >= 0.6 is 23.2 Å². The second-order valence-corrected chi connectivity index (χ2v) is 10.4. The maximum absolute atomic E-state index is 13.4. The van der Waals surface area contributed by atoms with Crippen molar-refractivity contribution in [2.75, 3.05) is 23.7 Å². The highest BCUT2D eigenvalue weighted by atomic mass is 35.5. The van der Waals surface area contributed by atoms with Gasteiger partial charge in [-0.2, -0.15) is 0 Å². The summed E-state index contributed by atoms with van der Waals surface area (Å²) in [6, 6.07) is 12.9. The van der Waals surface area contributed by atoms with Crippen LogP contribution in [0.5, 0.6) is 0 Å². The first kappa shape index (κ1) is 27.0. The molecule has 0 spiro atoms. The summed E-state index contributed by atoms with van der Waals surface area (Å²) in [5.41, 5.74) is 0.908. The first-order valence-corrected chi connectivity index (χ1v) is 13.2. The fourth-order valence-corrected chi connectivity index (χ4v) is 4.48. The third-order valence-electron chi connectivity index (χ3n) is 5.07. The maximum Gasteiger partial charge on any atom is 0.244 e.